The van der Waals surface area contributed by atoms with Crippen molar-refractivity contribution in [3.05, 3.63) is 47.8 Å². The number of H-pyrrole nitrogens is 1. The zero-order valence-electron chi connectivity index (χ0n) is 13.0. The third-order valence-corrected chi connectivity index (χ3v) is 3.81. The van der Waals surface area contributed by atoms with Crippen molar-refractivity contribution in [3.63, 3.8) is 0 Å². The highest BCUT2D eigenvalue weighted by Crippen LogP contribution is 2.32. The SMILES string of the molecule is O=C(Cc1ccccc1C(F)(F)F)N[C@H]1COC[C@H]1Oc1cn[nH]c1. The van der Waals surface area contributed by atoms with Crippen molar-refractivity contribution in [2.45, 2.75) is 24.7 Å². The maximum atomic E-state index is 13.0. The van der Waals surface area contributed by atoms with Gasteiger partial charge >= 0.3 is 6.18 Å². The Morgan fingerprint density at radius 1 is 1.36 bits per heavy atom. The van der Waals surface area contributed by atoms with Gasteiger partial charge in [0.1, 0.15) is 6.10 Å². The van der Waals surface area contributed by atoms with Crippen LogP contribution in [0.25, 0.3) is 0 Å². The summed E-state index contributed by atoms with van der Waals surface area (Å²) in [5, 5.41) is 9.04. The molecule has 0 radical (unpaired) electrons. The van der Waals surface area contributed by atoms with Crippen LogP contribution in [0.4, 0.5) is 13.2 Å². The van der Waals surface area contributed by atoms with Crippen LogP contribution in [0.15, 0.2) is 36.7 Å². The summed E-state index contributed by atoms with van der Waals surface area (Å²) >= 11 is 0. The summed E-state index contributed by atoms with van der Waals surface area (Å²) in [5.41, 5.74) is -0.877. The predicted molar refractivity (Wildman–Crippen MR) is 80.9 cm³/mol. The number of ether oxygens (including phenoxy) is 2. The maximum absolute atomic E-state index is 13.0. The van der Waals surface area contributed by atoms with Crippen molar-refractivity contribution in [1.29, 1.82) is 0 Å². The number of carbonyl (C=O) groups excluding carboxylic acids is 1. The molecule has 6 nitrogen and oxygen atoms in total. The molecule has 2 heterocycles. The Hall–Kier alpha value is -2.55. The molecule has 1 aromatic carbocycles. The van der Waals surface area contributed by atoms with Gasteiger partial charge in [0.25, 0.3) is 0 Å². The van der Waals surface area contributed by atoms with E-state index >= 15 is 0 Å². The number of hydrogen-bond donors (Lipinski definition) is 2. The Bertz CT molecular complexity index is 719. The van der Waals surface area contributed by atoms with Gasteiger partial charge in [-0.15, -0.1) is 0 Å². The number of benzene rings is 1. The second-order valence-corrected chi connectivity index (χ2v) is 5.63. The van der Waals surface area contributed by atoms with Crippen molar-refractivity contribution in [3.8, 4) is 5.75 Å². The van der Waals surface area contributed by atoms with Gasteiger partial charge in [0.2, 0.25) is 5.91 Å². The molecule has 0 spiro atoms. The van der Waals surface area contributed by atoms with Gasteiger partial charge in [-0.3, -0.25) is 9.89 Å². The van der Waals surface area contributed by atoms with Crippen LogP contribution >= 0.6 is 0 Å². The Kier molecular flexibility index (Phi) is 4.93. The first-order valence-electron chi connectivity index (χ1n) is 7.61. The van der Waals surface area contributed by atoms with E-state index in [1.807, 2.05) is 0 Å². The quantitative estimate of drug-likeness (QED) is 0.859. The molecule has 2 atom stereocenters. The predicted octanol–water partition coefficient (Wildman–Crippen LogP) is 1.93. The van der Waals surface area contributed by atoms with Crippen LogP contribution in [0.5, 0.6) is 5.75 Å². The lowest BCUT2D eigenvalue weighted by Gasteiger charge is -2.20. The minimum atomic E-state index is -4.50. The summed E-state index contributed by atoms with van der Waals surface area (Å²) < 4.78 is 49.9. The van der Waals surface area contributed by atoms with Gasteiger partial charge in [0.05, 0.1) is 43.6 Å². The number of rotatable bonds is 5. The van der Waals surface area contributed by atoms with Crippen molar-refractivity contribution >= 4 is 5.91 Å². The van der Waals surface area contributed by atoms with Gasteiger partial charge in [0.15, 0.2) is 5.75 Å². The maximum Gasteiger partial charge on any atom is 0.416 e. The number of nitrogens with zero attached hydrogens (tertiary/aromatic N) is 1. The highest BCUT2D eigenvalue weighted by molar-refractivity contribution is 5.79. The molecule has 0 saturated carbocycles. The van der Waals surface area contributed by atoms with Crippen molar-refractivity contribution in [2.75, 3.05) is 13.2 Å². The summed E-state index contributed by atoms with van der Waals surface area (Å²) in [7, 11) is 0. The van der Waals surface area contributed by atoms with Gasteiger partial charge in [0, 0.05) is 0 Å². The third-order valence-electron chi connectivity index (χ3n) is 3.81. The van der Waals surface area contributed by atoms with Crippen molar-refractivity contribution < 1.29 is 27.4 Å². The van der Waals surface area contributed by atoms with Gasteiger partial charge < -0.3 is 14.8 Å². The molecule has 1 aromatic heterocycles. The molecule has 134 valence electrons. The normalized spacial score (nSPS) is 20.4. The van der Waals surface area contributed by atoms with E-state index in [9.17, 15) is 18.0 Å². The minimum absolute atomic E-state index is 0.0706. The molecule has 25 heavy (non-hydrogen) atoms. The molecule has 1 saturated heterocycles. The number of aromatic amines is 1. The van der Waals surface area contributed by atoms with E-state index in [-0.39, 0.29) is 25.2 Å². The van der Waals surface area contributed by atoms with Gasteiger partial charge in [-0.25, -0.2) is 0 Å². The van der Waals surface area contributed by atoms with Crippen LogP contribution in [0.2, 0.25) is 0 Å². The highest BCUT2D eigenvalue weighted by Gasteiger charge is 2.35. The van der Waals surface area contributed by atoms with Crippen LogP contribution in [0.3, 0.4) is 0 Å². The second kappa shape index (κ2) is 7.14. The molecule has 0 bridgehead atoms. The molecule has 0 unspecified atom stereocenters. The van der Waals surface area contributed by atoms with Crippen LogP contribution in [0.1, 0.15) is 11.1 Å². The molecular weight excluding hydrogens is 339 g/mol. The monoisotopic (exact) mass is 355 g/mol. The lowest BCUT2D eigenvalue weighted by molar-refractivity contribution is -0.138. The number of aromatic nitrogens is 2. The molecule has 1 fully saturated rings. The van der Waals surface area contributed by atoms with Crippen molar-refractivity contribution in [2.24, 2.45) is 0 Å². The average molecular weight is 355 g/mol. The van der Waals surface area contributed by atoms with E-state index in [2.05, 4.69) is 15.5 Å². The minimum Gasteiger partial charge on any atom is -0.482 e. The molecule has 1 amide bonds. The van der Waals surface area contributed by atoms with E-state index in [1.165, 1.54) is 24.4 Å². The number of carbonyl (C=O) groups is 1. The molecule has 0 aliphatic carbocycles. The number of amides is 1. The first-order valence-corrected chi connectivity index (χ1v) is 7.61. The van der Waals surface area contributed by atoms with E-state index < -0.39 is 29.8 Å². The topological polar surface area (TPSA) is 76.2 Å². The van der Waals surface area contributed by atoms with E-state index in [1.54, 1.807) is 6.20 Å². The summed E-state index contributed by atoms with van der Waals surface area (Å²) in [6.07, 6.45) is -2.27. The number of alkyl halides is 3. The highest BCUT2D eigenvalue weighted by atomic mass is 19.4. The van der Waals surface area contributed by atoms with Crippen LogP contribution in [-0.2, 0) is 22.1 Å². The Labute approximate surface area is 141 Å². The van der Waals surface area contributed by atoms with Crippen LogP contribution in [0, 0.1) is 0 Å². The first-order chi connectivity index (χ1) is 11.9. The fourth-order valence-electron chi connectivity index (χ4n) is 2.65. The van der Waals surface area contributed by atoms with E-state index in [4.69, 9.17) is 9.47 Å². The summed E-state index contributed by atoms with van der Waals surface area (Å²) in [5.74, 6) is -0.0230. The fourth-order valence-corrected chi connectivity index (χ4v) is 2.65. The van der Waals surface area contributed by atoms with Gasteiger partial charge in [-0.05, 0) is 11.6 Å². The number of nitrogens with one attached hydrogen (secondary N) is 2. The Morgan fingerprint density at radius 3 is 2.88 bits per heavy atom. The zero-order valence-corrected chi connectivity index (χ0v) is 13.0. The van der Waals surface area contributed by atoms with Gasteiger partial charge in [-0.2, -0.15) is 18.3 Å². The largest absolute Gasteiger partial charge is 0.482 e. The fraction of sp³-hybridized carbons (Fsp3) is 0.375. The third kappa shape index (κ3) is 4.30. The molecule has 2 N–H and O–H groups in total. The van der Waals surface area contributed by atoms with Gasteiger partial charge in [-0.1, -0.05) is 18.2 Å². The Balaban J connectivity index is 1.63. The lowest BCUT2D eigenvalue weighted by Crippen LogP contribution is -2.45. The standard InChI is InChI=1S/C16H16F3N3O3/c17-16(18,19)12-4-2-1-3-10(12)5-15(23)22-13-8-24-9-14(13)25-11-6-20-21-7-11/h1-4,6-7,13-14H,5,8-9H2,(H,20,21)(H,22,23)/t13-,14+/m0/s1. The van der Waals surface area contributed by atoms with E-state index in [0.29, 0.717) is 5.75 Å². The zero-order chi connectivity index (χ0) is 17.9. The summed E-state index contributed by atoms with van der Waals surface area (Å²) in [6, 6.07) is 4.59. The summed E-state index contributed by atoms with van der Waals surface area (Å²) in [4.78, 5) is 12.2. The molecule has 2 aromatic rings. The van der Waals surface area contributed by atoms with E-state index in [0.717, 1.165) is 6.07 Å². The Morgan fingerprint density at radius 2 is 2.16 bits per heavy atom. The molecule has 1 aliphatic heterocycles. The number of halogens is 3. The van der Waals surface area contributed by atoms with Crippen LogP contribution < -0.4 is 10.1 Å². The smallest absolute Gasteiger partial charge is 0.416 e. The lowest BCUT2D eigenvalue weighted by atomic mass is 10.0. The first kappa shape index (κ1) is 17.3. The second-order valence-electron chi connectivity index (χ2n) is 5.63. The molecule has 1 aliphatic rings. The number of hydrogen-bond acceptors (Lipinski definition) is 4. The average Bonchev–Trinajstić information content (AvgIpc) is 3.20. The molecular formula is C16H16F3N3O3. The van der Waals surface area contributed by atoms with Crippen LogP contribution in [-0.4, -0.2) is 41.5 Å². The molecule has 3 rings (SSSR count). The van der Waals surface area contributed by atoms with Crippen molar-refractivity contribution in [1.82, 2.24) is 15.5 Å². The molecule has 9 heteroatoms. The summed E-state index contributed by atoms with van der Waals surface area (Å²) in [6.45, 7) is 0.504.